The highest BCUT2D eigenvalue weighted by Crippen LogP contribution is 2.22. The largest absolute Gasteiger partial charge is 0.326 e. The van der Waals surface area contributed by atoms with E-state index >= 15 is 0 Å². The Balaban J connectivity index is 2.27. The van der Waals surface area contributed by atoms with Crippen molar-refractivity contribution >= 4 is 27.3 Å². The van der Waals surface area contributed by atoms with Crippen LogP contribution in [0, 0.1) is 13.8 Å². The fourth-order valence-electron chi connectivity index (χ4n) is 1.99. The second-order valence-electron chi connectivity index (χ2n) is 5.06. The second kappa shape index (κ2) is 6.19. The molecule has 0 saturated heterocycles. The minimum absolute atomic E-state index is 0.141. The van der Waals surface area contributed by atoms with E-state index in [1.54, 1.807) is 24.3 Å². The molecule has 0 atom stereocenters. The maximum atomic E-state index is 12.4. The predicted molar refractivity (Wildman–Crippen MR) is 87.5 cm³/mol. The Labute approximate surface area is 130 Å². The van der Waals surface area contributed by atoms with Gasteiger partial charge >= 0.3 is 0 Å². The quantitative estimate of drug-likeness (QED) is 0.909. The number of hydrogen-bond donors (Lipinski definition) is 2. The van der Waals surface area contributed by atoms with Crippen LogP contribution in [0.3, 0.4) is 0 Å². The first kappa shape index (κ1) is 16.0. The standard InChI is InChI=1S/C16H18N2O3S/c1-11-5-4-6-16(12(11)2)18-22(20,21)15-9-7-14(8-10-15)17-13(3)19/h4-10,18H,1-3H3,(H,17,19). The highest BCUT2D eigenvalue weighted by molar-refractivity contribution is 7.92. The van der Waals surface area contributed by atoms with Crippen molar-refractivity contribution in [3.8, 4) is 0 Å². The van der Waals surface area contributed by atoms with Gasteiger partial charge in [-0.1, -0.05) is 12.1 Å². The van der Waals surface area contributed by atoms with Crippen molar-refractivity contribution in [2.45, 2.75) is 25.7 Å². The van der Waals surface area contributed by atoms with Gasteiger partial charge in [0.05, 0.1) is 10.6 Å². The molecular weight excluding hydrogens is 300 g/mol. The first-order valence-electron chi connectivity index (χ1n) is 6.76. The van der Waals surface area contributed by atoms with E-state index in [9.17, 15) is 13.2 Å². The highest BCUT2D eigenvalue weighted by atomic mass is 32.2. The maximum Gasteiger partial charge on any atom is 0.261 e. The number of hydrogen-bond acceptors (Lipinski definition) is 3. The topological polar surface area (TPSA) is 75.3 Å². The number of nitrogens with one attached hydrogen (secondary N) is 2. The summed E-state index contributed by atoms with van der Waals surface area (Å²) in [5.74, 6) is -0.205. The van der Waals surface area contributed by atoms with E-state index in [0.717, 1.165) is 11.1 Å². The lowest BCUT2D eigenvalue weighted by Crippen LogP contribution is -2.14. The Kier molecular flexibility index (Phi) is 4.51. The molecule has 0 spiro atoms. The van der Waals surface area contributed by atoms with E-state index in [4.69, 9.17) is 0 Å². The van der Waals surface area contributed by atoms with E-state index in [1.165, 1.54) is 19.1 Å². The molecule has 0 aromatic heterocycles. The molecule has 22 heavy (non-hydrogen) atoms. The number of carbonyl (C=O) groups is 1. The molecule has 0 radical (unpaired) electrons. The Bertz CT molecular complexity index is 797. The molecule has 116 valence electrons. The first-order chi connectivity index (χ1) is 10.3. The number of carbonyl (C=O) groups excluding carboxylic acids is 1. The SMILES string of the molecule is CC(=O)Nc1ccc(S(=O)(=O)Nc2cccc(C)c2C)cc1. The van der Waals surface area contributed by atoms with Gasteiger partial charge in [-0.05, 0) is 55.3 Å². The zero-order valence-electron chi connectivity index (χ0n) is 12.7. The van der Waals surface area contributed by atoms with Gasteiger partial charge in [-0.2, -0.15) is 0 Å². The summed E-state index contributed by atoms with van der Waals surface area (Å²) in [7, 11) is -3.66. The molecule has 0 bridgehead atoms. The number of rotatable bonds is 4. The van der Waals surface area contributed by atoms with Crippen molar-refractivity contribution in [3.63, 3.8) is 0 Å². The monoisotopic (exact) mass is 318 g/mol. The van der Waals surface area contributed by atoms with Crippen LogP contribution >= 0.6 is 0 Å². The minimum Gasteiger partial charge on any atom is -0.326 e. The van der Waals surface area contributed by atoms with Gasteiger partial charge in [0.25, 0.3) is 10.0 Å². The van der Waals surface area contributed by atoms with Gasteiger partial charge in [-0.3, -0.25) is 9.52 Å². The summed E-state index contributed by atoms with van der Waals surface area (Å²) in [5, 5.41) is 2.60. The zero-order chi connectivity index (χ0) is 16.3. The average molecular weight is 318 g/mol. The van der Waals surface area contributed by atoms with Crippen LogP contribution in [0.15, 0.2) is 47.4 Å². The third kappa shape index (κ3) is 3.65. The number of sulfonamides is 1. The first-order valence-corrected chi connectivity index (χ1v) is 8.24. The van der Waals surface area contributed by atoms with Crippen LogP contribution in [-0.2, 0) is 14.8 Å². The van der Waals surface area contributed by atoms with Crippen LogP contribution in [0.2, 0.25) is 0 Å². The number of aryl methyl sites for hydroxylation is 1. The maximum absolute atomic E-state index is 12.4. The Morgan fingerprint density at radius 3 is 2.23 bits per heavy atom. The molecule has 0 fully saturated rings. The van der Waals surface area contributed by atoms with Crippen LogP contribution < -0.4 is 10.0 Å². The van der Waals surface area contributed by atoms with Crippen LogP contribution in [-0.4, -0.2) is 14.3 Å². The van der Waals surface area contributed by atoms with Crippen molar-refractivity contribution < 1.29 is 13.2 Å². The Morgan fingerprint density at radius 2 is 1.64 bits per heavy atom. The predicted octanol–water partition coefficient (Wildman–Crippen LogP) is 3.06. The van der Waals surface area contributed by atoms with Gasteiger partial charge in [-0.25, -0.2) is 8.42 Å². The van der Waals surface area contributed by atoms with Crippen molar-refractivity contribution in [3.05, 3.63) is 53.6 Å². The van der Waals surface area contributed by atoms with Crippen LogP contribution in [0.1, 0.15) is 18.1 Å². The molecule has 0 aliphatic rings. The van der Waals surface area contributed by atoms with E-state index in [1.807, 2.05) is 19.9 Å². The summed E-state index contributed by atoms with van der Waals surface area (Å²) in [6.07, 6.45) is 0. The van der Waals surface area contributed by atoms with Crippen molar-refractivity contribution in [1.82, 2.24) is 0 Å². The highest BCUT2D eigenvalue weighted by Gasteiger charge is 2.15. The van der Waals surface area contributed by atoms with Gasteiger partial charge < -0.3 is 5.32 Å². The van der Waals surface area contributed by atoms with Crippen molar-refractivity contribution in [2.75, 3.05) is 10.0 Å². The molecule has 2 aromatic rings. The summed E-state index contributed by atoms with van der Waals surface area (Å²) >= 11 is 0. The Hall–Kier alpha value is -2.34. The lowest BCUT2D eigenvalue weighted by molar-refractivity contribution is -0.114. The normalized spacial score (nSPS) is 11.0. The molecule has 0 aliphatic carbocycles. The molecule has 0 aliphatic heterocycles. The summed E-state index contributed by atoms with van der Waals surface area (Å²) in [5.41, 5.74) is 3.02. The fraction of sp³-hybridized carbons (Fsp3) is 0.188. The van der Waals surface area contributed by atoms with Crippen LogP contribution in [0.25, 0.3) is 0 Å². The summed E-state index contributed by atoms with van der Waals surface area (Å²) < 4.78 is 27.4. The second-order valence-corrected chi connectivity index (χ2v) is 6.74. The van der Waals surface area contributed by atoms with E-state index in [-0.39, 0.29) is 10.8 Å². The van der Waals surface area contributed by atoms with Gasteiger partial charge in [0.15, 0.2) is 0 Å². The third-order valence-electron chi connectivity index (χ3n) is 3.33. The number of amides is 1. The smallest absolute Gasteiger partial charge is 0.261 e. The molecule has 6 heteroatoms. The van der Waals surface area contributed by atoms with E-state index in [2.05, 4.69) is 10.0 Å². The molecule has 2 N–H and O–H groups in total. The van der Waals surface area contributed by atoms with E-state index in [0.29, 0.717) is 11.4 Å². The molecule has 2 rings (SSSR count). The molecule has 0 heterocycles. The third-order valence-corrected chi connectivity index (χ3v) is 4.72. The molecule has 0 saturated carbocycles. The van der Waals surface area contributed by atoms with Crippen LogP contribution in [0.4, 0.5) is 11.4 Å². The molecule has 1 amide bonds. The average Bonchev–Trinajstić information content (AvgIpc) is 2.44. The fourth-order valence-corrected chi connectivity index (χ4v) is 3.11. The van der Waals surface area contributed by atoms with Gasteiger partial charge in [0, 0.05) is 12.6 Å². The lowest BCUT2D eigenvalue weighted by atomic mass is 10.1. The van der Waals surface area contributed by atoms with Gasteiger partial charge in [0.1, 0.15) is 0 Å². The van der Waals surface area contributed by atoms with Crippen molar-refractivity contribution in [2.24, 2.45) is 0 Å². The summed E-state index contributed by atoms with van der Waals surface area (Å²) in [4.78, 5) is 11.1. The molecule has 2 aromatic carbocycles. The van der Waals surface area contributed by atoms with Crippen LogP contribution in [0.5, 0.6) is 0 Å². The zero-order valence-corrected chi connectivity index (χ0v) is 13.5. The van der Waals surface area contributed by atoms with Gasteiger partial charge in [-0.15, -0.1) is 0 Å². The molecule has 0 unspecified atom stereocenters. The lowest BCUT2D eigenvalue weighted by Gasteiger charge is -2.12. The molecular formula is C16H18N2O3S. The van der Waals surface area contributed by atoms with E-state index < -0.39 is 10.0 Å². The van der Waals surface area contributed by atoms with Gasteiger partial charge in [0.2, 0.25) is 5.91 Å². The minimum atomic E-state index is -3.66. The Morgan fingerprint density at radius 1 is 1.00 bits per heavy atom. The van der Waals surface area contributed by atoms with Crippen molar-refractivity contribution in [1.29, 1.82) is 0 Å². The number of benzene rings is 2. The number of anilines is 2. The summed E-state index contributed by atoms with van der Waals surface area (Å²) in [6.45, 7) is 5.19. The summed E-state index contributed by atoms with van der Waals surface area (Å²) in [6, 6.07) is 11.5. The molecule has 5 nitrogen and oxygen atoms in total.